The van der Waals surface area contributed by atoms with Gasteiger partial charge in [0.25, 0.3) is 5.56 Å². The van der Waals surface area contributed by atoms with Gasteiger partial charge in [0.2, 0.25) is 0 Å². The number of rotatable bonds is 4. The van der Waals surface area contributed by atoms with Crippen LogP contribution in [0.2, 0.25) is 0 Å². The molecular formula is C19H24N2O3. The Hall–Kier alpha value is -2.14. The maximum Gasteiger partial charge on any atom is 0.330 e. The molecule has 1 N–H and O–H groups in total. The Kier molecular flexibility index (Phi) is 4.45. The first kappa shape index (κ1) is 16.7. The number of ether oxygens (including phenoxy) is 1. The topological polar surface area (TPSA) is 64.1 Å². The molecule has 1 atom stereocenters. The molecule has 0 radical (unpaired) electrons. The molecule has 0 saturated carbocycles. The van der Waals surface area contributed by atoms with Gasteiger partial charge in [0.15, 0.2) is 0 Å². The molecule has 2 aromatic rings. The Morgan fingerprint density at radius 1 is 1.25 bits per heavy atom. The van der Waals surface area contributed by atoms with E-state index in [-0.39, 0.29) is 23.6 Å². The molecule has 0 spiro atoms. The zero-order chi connectivity index (χ0) is 17.3. The van der Waals surface area contributed by atoms with Gasteiger partial charge in [0, 0.05) is 23.8 Å². The van der Waals surface area contributed by atoms with Gasteiger partial charge in [-0.15, -0.1) is 0 Å². The SMILES string of the molecule is CCOCn1c2c(c(=O)[nH]c1=O)C(C)(C)CCC2c1ccccc1. The van der Waals surface area contributed by atoms with Gasteiger partial charge in [0.1, 0.15) is 6.73 Å². The largest absolute Gasteiger partial charge is 0.361 e. The summed E-state index contributed by atoms with van der Waals surface area (Å²) in [6, 6.07) is 10.1. The number of hydrogen-bond donors (Lipinski definition) is 1. The number of aromatic nitrogens is 2. The molecule has 1 unspecified atom stereocenters. The third-order valence-electron chi connectivity index (χ3n) is 4.93. The van der Waals surface area contributed by atoms with Crippen LogP contribution in [0.5, 0.6) is 0 Å². The van der Waals surface area contributed by atoms with Crippen LogP contribution in [-0.2, 0) is 16.9 Å². The molecular weight excluding hydrogens is 304 g/mol. The standard InChI is InChI=1S/C19H24N2O3/c1-4-24-12-21-16-14(13-8-6-5-7-9-13)10-11-19(2,3)15(16)17(22)20-18(21)23/h5-9,14H,4,10-12H2,1-3H3,(H,20,22,23). The van der Waals surface area contributed by atoms with Crippen LogP contribution < -0.4 is 11.2 Å². The molecule has 0 saturated heterocycles. The summed E-state index contributed by atoms with van der Waals surface area (Å²) in [4.78, 5) is 27.5. The maximum absolute atomic E-state index is 12.6. The van der Waals surface area contributed by atoms with Crippen LogP contribution in [0.3, 0.4) is 0 Å². The van der Waals surface area contributed by atoms with Crippen molar-refractivity contribution in [3.8, 4) is 0 Å². The zero-order valence-corrected chi connectivity index (χ0v) is 14.5. The average molecular weight is 328 g/mol. The summed E-state index contributed by atoms with van der Waals surface area (Å²) in [6.45, 7) is 6.70. The normalized spacial score (nSPS) is 19.0. The van der Waals surface area contributed by atoms with Crippen LogP contribution in [0.4, 0.5) is 0 Å². The van der Waals surface area contributed by atoms with E-state index in [0.29, 0.717) is 12.2 Å². The van der Waals surface area contributed by atoms with Gasteiger partial charge in [-0.3, -0.25) is 14.3 Å². The molecule has 128 valence electrons. The van der Waals surface area contributed by atoms with E-state index in [4.69, 9.17) is 4.74 Å². The molecule has 5 heteroatoms. The van der Waals surface area contributed by atoms with Crippen LogP contribution in [0.15, 0.2) is 39.9 Å². The highest BCUT2D eigenvalue weighted by molar-refractivity contribution is 5.39. The van der Waals surface area contributed by atoms with Gasteiger partial charge in [0.05, 0.1) is 0 Å². The molecule has 24 heavy (non-hydrogen) atoms. The lowest BCUT2D eigenvalue weighted by atomic mass is 9.69. The summed E-state index contributed by atoms with van der Waals surface area (Å²) < 4.78 is 7.10. The van der Waals surface area contributed by atoms with Gasteiger partial charge in [-0.2, -0.15) is 0 Å². The van der Waals surface area contributed by atoms with E-state index in [1.807, 2.05) is 25.1 Å². The molecule has 1 aromatic carbocycles. The van der Waals surface area contributed by atoms with Crippen molar-refractivity contribution in [2.75, 3.05) is 6.61 Å². The summed E-state index contributed by atoms with van der Waals surface area (Å²) in [7, 11) is 0. The Labute approximate surface area is 141 Å². The lowest BCUT2D eigenvalue weighted by Gasteiger charge is -2.37. The monoisotopic (exact) mass is 328 g/mol. The third-order valence-corrected chi connectivity index (χ3v) is 4.93. The minimum absolute atomic E-state index is 0.0321. The summed E-state index contributed by atoms with van der Waals surface area (Å²) in [5.74, 6) is 0.0321. The van der Waals surface area contributed by atoms with Crippen LogP contribution in [0.25, 0.3) is 0 Å². The second-order valence-electron chi connectivity index (χ2n) is 6.96. The molecule has 1 aromatic heterocycles. The second-order valence-corrected chi connectivity index (χ2v) is 6.96. The van der Waals surface area contributed by atoms with E-state index in [0.717, 1.165) is 24.1 Å². The van der Waals surface area contributed by atoms with Gasteiger partial charge in [-0.1, -0.05) is 44.2 Å². The Balaban J connectivity index is 2.28. The minimum atomic E-state index is -0.397. The molecule has 5 nitrogen and oxygen atoms in total. The molecule has 1 heterocycles. The van der Waals surface area contributed by atoms with Crippen molar-refractivity contribution in [1.29, 1.82) is 0 Å². The van der Waals surface area contributed by atoms with E-state index in [2.05, 4.69) is 31.0 Å². The number of fused-ring (bicyclic) bond motifs is 1. The van der Waals surface area contributed by atoms with E-state index in [1.165, 1.54) is 0 Å². The number of nitrogens with one attached hydrogen (secondary N) is 1. The van der Waals surface area contributed by atoms with Crippen molar-refractivity contribution >= 4 is 0 Å². The fraction of sp³-hybridized carbons (Fsp3) is 0.474. The Morgan fingerprint density at radius 2 is 1.96 bits per heavy atom. The quantitative estimate of drug-likeness (QED) is 0.938. The molecule has 0 bridgehead atoms. The second kappa shape index (κ2) is 6.40. The van der Waals surface area contributed by atoms with E-state index in [9.17, 15) is 9.59 Å². The van der Waals surface area contributed by atoms with Crippen molar-refractivity contribution in [1.82, 2.24) is 9.55 Å². The Bertz CT molecular complexity index is 834. The zero-order valence-electron chi connectivity index (χ0n) is 14.5. The molecule has 1 aliphatic carbocycles. The molecule has 0 amide bonds. The smallest absolute Gasteiger partial charge is 0.330 e. The van der Waals surface area contributed by atoms with Gasteiger partial charge >= 0.3 is 5.69 Å². The molecule has 0 fully saturated rings. The predicted molar refractivity (Wildman–Crippen MR) is 93.5 cm³/mol. The molecule has 3 rings (SSSR count). The van der Waals surface area contributed by atoms with Gasteiger partial charge in [-0.25, -0.2) is 4.79 Å². The van der Waals surface area contributed by atoms with E-state index < -0.39 is 5.69 Å². The van der Waals surface area contributed by atoms with E-state index in [1.54, 1.807) is 4.57 Å². The predicted octanol–water partition coefficient (Wildman–Crippen LogP) is 2.73. The summed E-state index contributed by atoms with van der Waals surface area (Å²) in [5, 5.41) is 0. The van der Waals surface area contributed by atoms with Crippen LogP contribution >= 0.6 is 0 Å². The van der Waals surface area contributed by atoms with Crippen molar-refractivity contribution in [3.05, 3.63) is 68.0 Å². The summed E-state index contributed by atoms with van der Waals surface area (Å²) in [5.41, 5.74) is 1.71. The average Bonchev–Trinajstić information content (AvgIpc) is 2.54. The highest BCUT2D eigenvalue weighted by Gasteiger charge is 2.38. The lowest BCUT2D eigenvalue weighted by Crippen LogP contribution is -2.44. The Morgan fingerprint density at radius 3 is 2.62 bits per heavy atom. The van der Waals surface area contributed by atoms with E-state index >= 15 is 0 Å². The highest BCUT2D eigenvalue weighted by atomic mass is 16.5. The highest BCUT2D eigenvalue weighted by Crippen LogP contribution is 2.43. The third kappa shape index (κ3) is 2.84. The first-order valence-corrected chi connectivity index (χ1v) is 8.46. The van der Waals surface area contributed by atoms with Crippen molar-refractivity contribution < 1.29 is 4.74 Å². The fourth-order valence-electron chi connectivity index (χ4n) is 3.69. The number of nitrogens with zero attached hydrogens (tertiary/aromatic N) is 1. The van der Waals surface area contributed by atoms with Crippen molar-refractivity contribution in [3.63, 3.8) is 0 Å². The summed E-state index contributed by atoms with van der Waals surface area (Å²) in [6.07, 6.45) is 1.80. The lowest BCUT2D eigenvalue weighted by molar-refractivity contribution is 0.0801. The van der Waals surface area contributed by atoms with Crippen molar-refractivity contribution in [2.45, 2.75) is 51.7 Å². The molecule has 0 aliphatic heterocycles. The number of hydrogen-bond acceptors (Lipinski definition) is 3. The summed E-state index contributed by atoms with van der Waals surface area (Å²) >= 11 is 0. The number of aromatic amines is 1. The first-order chi connectivity index (χ1) is 11.5. The number of H-pyrrole nitrogens is 1. The fourth-order valence-corrected chi connectivity index (χ4v) is 3.69. The van der Waals surface area contributed by atoms with Crippen LogP contribution in [0.1, 0.15) is 56.4 Å². The first-order valence-electron chi connectivity index (χ1n) is 8.46. The number of benzene rings is 1. The van der Waals surface area contributed by atoms with Crippen LogP contribution in [0, 0.1) is 0 Å². The van der Waals surface area contributed by atoms with Crippen molar-refractivity contribution in [2.24, 2.45) is 0 Å². The van der Waals surface area contributed by atoms with Gasteiger partial charge in [-0.05, 0) is 30.7 Å². The minimum Gasteiger partial charge on any atom is -0.361 e. The molecule has 1 aliphatic rings. The van der Waals surface area contributed by atoms with Gasteiger partial charge < -0.3 is 4.74 Å². The maximum atomic E-state index is 12.6. The van der Waals surface area contributed by atoms with Crippen LogP contribution in [-0.4, -0.2) is 16.2 Å².